The van der Waals surface area contributed by atoms with Crippen molar-refractivity contribution >= 4 is 27.8 Å². The van der Waals surface area contributed by atoms with Crippen LogP contribution >= 0.6 is 0 Å². The van der Waals surface area contributed by atoms with Crippen LogP contribution in [-0.4, -0.2) is 38.5 Å². The second kappa shape index (κ2) is 11.4. The van der Waals surface area contributed by atoms with Crippen molar-refractivity contribution in [2.75, 3.05) is 18.4 Å². The number of benzene rings is 1. The van der Waals surface area contributed by atoms with E-state index in [1.807, 2.05) is 45.9 Å². The van der Waals surface area contributed by atoms with Crippen molar-refractivity contribution in [1.29, 1.82) is 0 Å². The van der Waals surface area contributed by atoms with E-state index in [4.69, 9.17) is 0 Å². The quantitative estimate of drug-likeness (QED) is 0.431. The van der Waals surface area contributed by atoms with E-state index in [0.29, 0.717) is 12.2 Å². The lowest BCUT2D eigenvalue weighted by Crippen LogP contribution is -2.46. The average Bonchev–Trinajstić information content (AvgIpc) is 2.71. The number of unbranched alkanes of at least 4 members (excludes halogenated alkanes) is 3. The SMILES string of the molecule is CCCCCCN1C=C(S(=O)(=O)NC(=O)Nc2c(C(C)C)cccc2C(C)C)CNC1=O. The number of hydrogen-bond donors (Lipinski definition) is 3. The van der Waals surface area contributed by atoms with Gasteiger partial charge in [0.15, 0.2) is 0 Å². The average molecular weight is 465 g/mol. The van der Waals surface area contributed by atoms with Crippen molar-refractivity contribution in [3.05, 3.63) is 40.4 Å². The highest BCUT2D eigenvalue weighted by molar-refractivity contribution is 7.94. The standard InChI is InChI=1S/C23H36N4O4S/c1-6-7-8-9-13-27-15-18(14-24-23(27)29)32(30,31)26-22(28)25-21-19(16(2)3)11-10-12-20(21)17(4)5/h10-12,15-17H,6-9,13-14H2,1-5H3,(H,24,29)(H2,25,26,28). The summed E-state index contributed by atoms with van der Waals surface area (Å²) in [6, 6.07) is 4.63. The summed E-state index contributed by atoms with van der Waals surface area (Å²) >= 11 is 0. The van der Waals surface area contributed by atoms with Gasteiger partial charge in [-0.05, 0) is 29.4 Å². The van der Waals surface area contributed by atoms with Gasteiger partial charge in [0.25, 0.3) is 10.0 Å². The molecule has 0 aromatic heterocycles. The normalized spacial score (nSPS) is 14.4. The number of sulfonamides is 1. The van der Waals surface area contributed by atoms with E-state index in [9.17, 15) is 18.0 Å². The first kappa shape index (κ1) is 25.7. The Morgan fingerprint density at radius 2 is 1.72 bits per heavy atom. The Hall–Kier alpha value is -2.55. The first-order valence-electron chi connectivity index (χ1n) is 11.3. The molecule has 9 heteroatoms. The lowest BCUT2D eigenvalue weighted by molar-refractivity contribution is 0.212. The summed E-state index contributed by atoms with van der Waals surface area (Å²) in [4.78, 5) is 26.1. The molecule has 4 amide bonds. The number of para-hydroxylation sites is 1. The number of nitrogens with one attached hydrogen (secondary N) is 3. The number of rotatable bonds is 10. The van der Waals surface area contributed by atoms with E-state index >= 15 is 0 Å². The molecule has 0 saturated carbocycles. The highest BCUT2D eigenvalue weighted by Gasteiger charge is 2.28. The number of carbonyl (C=O) groups is 2. The zero-order valence-corrected chi connectivity index (χ0v) is 20.5. The van der Waals surface area contributed by atoms with Gasteiger partial charge < -0.3 is 15.5 Å². The minimum absolute atomic E-state index is 0.0519. The van der Waals surface area contributed by atoms with Crippen LogP contribution < -0.4 is 15.4 Å². The monoisotopic (exact) mass is 464 g/mol. The third-order valence-electron chi connectivity index (χ3n) is 5.41. The molecule has 1 aliphatic rings. The molecule has 0 bridgehead atoms. The molecule has 0 unspecified atom stereocenters. The van der Waals surface area contributed by atoms with Crippen LogP contribution in [0.25, 0.3) is 0 Å². The molecule has 0 aliphatic carbocycles. The first-order valence-corrected chi connectivity index (χ1v) is 12.8. The Bertz CT molecular complexity index is 928. The molecule has 0 spiro atoms. The Labute approximate surface area is 191 Å². The fraction of sp³-hybridized carbons (Fsp3) is 0.565. The molecule has 0 fully saturated rings. The van der Waals surface area contributed by atoms with Crippen molar-refractivity contribution in [2.24, 2.45) is 0 Å². The minimum atomic E-state index is -4.12. The van der Waals surface area contributed by atoms with Gasteiger partial charge in [-0.15, -0.1) is 0 Å². The van der Waals surface area contributed by atoms with E-state index < -0.39 is 16.1 Å². The van der Waals surface area contributed by atoms with E-state index in [1.165, 1.54) is 11.1 Å². The molecule has 1 heterocycles. The zero-order chi connectivity index (χ0) is 23.9. The highest BCUT2D eigenvalue weighted by Crippen LogP contribution is 2.32. The minimum Gasteiger partial charge on any atom is -0.333 e. The first-order chi connectivity index (χ1) is 15.1. The molecule has 178 valence electrons. The highest BCUT2D eigenvalue weighted by atomic mass is 32.2. The third kappa shape index (κ3) is 6.72. The molecular weight excluding hydrogens is 428 g/mol. The number of anilines is 1. The van der Waals surface area contributed by atoms with Crippen LogP contribution in [-0.2, 0) is 10.0 Å². The van der Waals surface area contributed by atoms with Crippen LogP contribution in [0.15, 0.2) is 29.3 Å². The van der Waals surface area contributed by atoms with Crippen molar-refractivity contribution < 1.29 is 18.0 Å². The van der Waals surface area contributed by atoms with E-state index in [2.05, 4.69) is 22.3 Å². The summed E-state index contributed by atoms with van der Waals surface area (Å²) in [7, 11) is -4.12. The van der Waals surface area contributed by atoms with Gasteiger partial charge in [0.1, 0.15) is 4.91 Å². The van der Waals surface area contributed by atoms with Gasteiger partial charge >= 0.3 is 12.1 Å². The molecule has 3 N–H and O–H groups in total. The van der Waals surface area contributed by atoms with Crippen LogP contribution in [0.5, 0.6) is 0 Å². The summed E-state index contributed by atoms with van der Waals surface area (Å²) in [5.41, 5.74) is 2.51. The summed E-state index contributed by atoms with van der Waals surface area (Å²) in [5.74, 6) is 0.302. The van der Waals surface area contributed by atoms with Crippen molar-refractivity contribution in [2.45, 2.75) is 72.1 Å². The van der Waals surface area contributed by atoms with Gasteiger partial charge in [-0.25, -0.2) is 22.7 Å². The van der Waals surface area contributed by atoms with Crippen LogP contribution in [0.3, 0.4) is 0 Å². The second-order valence-corrected chi connectivity index (χ2v) is 10.4. The number of hydrogen-bond acceptors (Lipinski definition) is 4. The molecule has 0 atom stereocenters. The van der Waals surface area contributed by atoms with Gasteiger partial charge in [0, 0.05) is 18.4 Å². The lowest BCUT2D eigenvalue weighted by atomic mass is 9.93. The molecule has 0 radical (unpaired) electrons. The maximum absolute atomic E-state index is 12.8. The fourth-order valence-electron chi connectivity index (χ4n) is 3.60. The summed E-state index contributed by atoms with van der Waals surface area (Å²) in [6.07, 6.45) is 5.19. The van der Waals surface area contributed by atoms with Crippen LogP contribution in [0, 0.1) is 0 Å². The molecule has 2 rings (SSSR count). The predicted octanol–water partition coefficient (Wildman–Crippen LogP) is 4.83. The van der Waals surface area contributed by atoms with Gasteiger partial charge in [-0.1, -0.05) is 72.1 Å². The molecule has 1 aromatic carbocycles. The molecule has 8 nitrogen and oxygen atoms in total. The van der Waals surface area contributed by atoms with Crippen LogP contribution in [0.2, 0.25) is 0 Å². The Morgan fingerprint density at radius 3 is 2.28 bits per heavy atom. The molecule has 1 aromatic rings. The van der Waals surface area contributed by atoms with Gasteiger partial charge in [-0.2, -0.15) is 0 Å². The molecule has 0 saturated heterocycles. The van der Waals surface area contributed by atoms with Crippen LogP contribution in [0.4, 0.5) is 15.3 Å². The van der Waals surface area contributed by atoms with Gasteiger partial charge in [0.2, 0.25) is 0 Å². The molecule has 32 heavy (non-hydrogen) atoms. The number of carbonyl (C=O) groups excluding carboxylic acids is 2. The topological polar surface area (TPSA) is 108 Å². The van der Waals surface area contributed by atoms with E-state index in [-0.39, 0.29) is 29.3 Å². The number of nitrogens with zero attached hydrogens (tertiary/aromatic N) is 1. The second-order valence-electron chi connectivity index (χ2n) is 8.69. The lowest BCUT2D eigenvalue weighted by Gasteiger charge is -2.26. The molecule has 1 aliphatic heterocycles. The van der Waals surface area contributed by atoms with E-state index in [1.54, 1.807) is 0 Å². The van der Waals surface area contributed by atoms with Crippen LogP contribution in [0.1, 0.15) is 83.3 Å². The van der Waals surface area contributed by atoms with Crippen molar-refractivity contribution in [3.63, 3.8) is 0 Å². The number of amides is 4. The Kier molecular flexibility index (Phi) is 9.12. The molecular formula is C23H36N4O4S. The summed E-state index contributed by atoms with van der Waals surface area (Å²) in [5, 5.41) is 5.32. The zero-order valence-electron chi connectivity index (χ0n) is 19.7. The third-order valence-corrected chi connectivity index (χ3v) is 6.81. The predicted molar refractivity (Wildman–Crippen MR) is 128 cm³/mol. The Balaban J connectivity index is 2.17. The summed E-state index contributed by atoms with van der Waals surface area (Å²) < 4.78 is 27.8. The largest absolute Gasteiger partial charge is 0.333 e. The van der Waals surface area contributed by atoms with Crippen molar-refractivity contribution in [1.82, 2.24) is 14.9 Å². The van der Waals surface area contributed by atoms with Gasteiger partial charge in [-0.3, -0.25) is 0 Å². The van der Waals surface area contributed by atoms with E-state index in [0.717, 1.165) is 36.8 Å². The Morgan fingerprint density at radius 1 is 1.09 bits per heavy atom. The summed E-state index contributed by atoms with van der Waals surface area (Å²) in [6.45, 7) is 10.4. The fourth-order valence-corrected chi connectivity index (χ4v) is 4.56. The van der Waals surface area contributed by atoms with Gasteiger partial charge in [0.05, 0.1) is 6.54 Å². The van der Waals surface area contributed by atoms with Crippen molar-refractivity contribution in [3.8, 4) is 0 Å². The maximum Gasteiger partial charge on any atom is 0.333 e. The number of urea groups is 2. The maximum atomic E-state index is 12.8. The smallest absolute Gasteiger partial charge is 0.333 e.